The van der Waals surface area contributed by atoms with Crippen LogP contribution in [0.1, 0.15) is 37.5 Å². The predicted octanol–water partition coefficient (Wildman–Crippen LogP) is 6.65. The summed E-state index contributed by atoms with van der Waals surface area (Å²) in [5.74, 6) is -1.51. The molecule has 0 heterocycles. The summed E-state index contributed by atoms with van der Waals surface area (Å²) in [5, 5.41) is 3.01. The third kappa shape index (κ3) is 9.25. The summed E-state index contributed by atoms with van der Waals surface area (Å²) in [6, 6.07) is 27.0. The standard InChI is InChI=1S/C35H37BrFN3O4S/c1-25-13-19-31(20-14-25)45(43,44)40(30-17-15-29(37)16-18-30)24-33(41)39(23-27-11-8-12-28(36)21-27)32(34(42)38-35(2,3)4)22-26-9-6-5-7-10-26/h5-21,32H,22-24H2,1-4H3,(H,38,42)/t32-/m1/s1. The Morgan fingerprint density at radius 3 is 2.09 bits per heavy atom. The van der Waals surface area contributed by atoms with Crippen LogP contribution in [-0.2, 0) is 32.6 Å². The van der Waals surface area contributed by atoms with Crippen LogP contribution in [-0.4, -0.2) is 43.3 Å². The van der Waals surface area contributed by atoms with Crippen molar-refractivity contribution in [1.82, 2.24) is 10.2 Å². The van der Waals surface area contributed by atoms with Crippen molar-refractivity contribution < 1.29 is 22.4 Å². The number of sulfonamides is 1. The van der Waals surface area contributed by atoms with Crippen LogP contribution < -0.4 is 9.62 Å². The van der Waals surface area contributed by atoms with E-state index < -0.39 is 39.9 Å². The number of anilines is 1. The number of rotatable bonds is 11. The first kappa shape index (κ1) is 33.9. The summed E-state index contributed by atoms with van der Waals surface area (Å²) in [7, 11) is -4.27. The lowest BCUT2D eigenvalue weighted by molar-refractivity contribution is -0.140. The molecule has 10 heteroatoms. The number of hydrogen-bond acceptors (Lipinski definition) is 4. The molecule has 4 rings (SSSR count). The number of hydrogen-bond donors (Lipinski definition) is 1. The first-order valence-corrected chi connectivity index (χ1v) is 16.7. The third-order valence-corrected chi connectivity index (χ3v) is 9.30. The fourth-order valence-corrected chi connectivity index (χ4v) is 6.67. The zero-order valence-corrected chi connectivity index (χ0v) is 28.1. The Kier molecular flexibility index (Phi) is 10.8. The van der Waals surface area contributed by atoms with Crippen molar-refractivity contribution in [2.75, 3.05) is 10.8 Å². The molecule has 4 aromatic rings. The molecule has 0 fully saturated rings. The molecule has 0 aliphatic rings. The van der Waals surface area contributed by atoms with Crippen molar-refractivity contribution >= 4 is 43.5 Å². The number of aryl methyl sites for hydroxylation is 1. The van der Waals surface area contributed by atoms with E-state index >= 15 is 0 Å². The number of nitrogens with zero attached hydrogens (tertiary/aromatic N) is 2. The molecule has 45 heavy (non-hydrogen) atoms. The molecule has 0 spiro atoms. The lowest BCUT2D eigenvalue weighted by Crippen LogP contribution is -2.56. The van der Waals surface area contributed by atoms with Crippen LogP contribution in [0.3, 0.4) is 0 Å². The molecular formula is C35H37BrFN3O4S. The van der Waals surface area contributed by atoms with E-state index in [1.54, 1.807) is 12.1 Å². The summed E-state index contributed by atoms with van der Waals surface area (Å²) < 4.78 is 43.8. The molecule has 0 unspecified atom stereocenters. The monoisotopic (exact) mass is 693 g/mol. The Morgan fingerprint density at radius 1 is 0.867 bits per heavy atom. The first-order valence-electron chi connectivity index (χ1n) is 14.5. The average Bonchev–Trinajstić information content (AvgIpc) is 2.98. The predicted molar refractivity (Wildman–Crippen MR) is 179 cm³/mol. The summed E-state index contributed by atoms with van der Waals surface area (Å²) in [6.45, 7) is 6.83. The van der Waals surface area contributed by atoms with Gasteiger partial charge in [0, 0.05) is 23.0 Å². The quantitative estimate of drug-likeness (QED) is 0.191. The van der Waals surface area contributed by atoms with Gasteiger partial charge in [0.2, 0.25) is 11.8 Å². The maximum absolute atomic E-state index is 14.5. The molecule has 0 saturated heterocycles. The summed E-state index contributed by atoms with van der Waals surface area (Å²) in [5.41, 5.74) is 1.97. The van der Waals surface area contributed by atoms with Crippen LogP contribution in [0.25, 0.3) is 0 Å². The van der Waals surface area contributed by atoms with Gasteiger partial charge in [-0.2, -0.15) is 0 Å². The molecule has 0 aliphatic carbocycles. The van der Waals surface area contributed by atoms with Crippen LogP contribution >= 0.6 is 15.9 Å². The molecule has 2 amide bonds. The third-order valence-electron chi connectivity index (χ3n) is 7.01. The van der Waals surface area contributed by atoms with Crippen LogP contribution in [0.5, 0.6) is 0 Å². The lowest BCUT2D eigenvalue weighted by atomic mass is 10.0. The van der Waals surface area contributed by atoms with Crippen LogP contribution in [0.4, 0.5) is 10.1 Å². The lowest BCUT2D eigenvalue weighted by Gasteiger charge is -2.35. The largest absolute Gasteiger partial charge is 0.350 e. The Bertz CT molecular complexity index is 1730. The number of halogens is 2. The van der Waals surface area contributed by atoms with Crippen molar-refractivity contribution in [1.29, 1.82) is 0 Å². The van der Waals surface area contributed by atoms with E-state index in [-0.39, 0.29) is 29.5 Å². The number of carbonyl (C=O) groups excluding carboxylic acids is 2. The van der Waals surface area contributed by atoms with Gasteiger partial charge in [0.05, 0.1) is 10.6 Å². The highest BCUT2D eigenvalue weighted by Gasteiger charge is 2.35. The van der Waals surface area contributed by atoms with Gasteiger partial charge in [0.1, 0.15) is 18.4 Å². The smallest absolute Gasteiger partial charge is 0.264 e. The van der Waals surface area contributed by atoms with Gasteiger partial charge in [0.25, 0.3) is 10.0 Å². The molecule has 1 atom stereocenters. The van der Waals surface area contributed by atoms with Gasteiger partial charge in [0.15, 0.2) is 0 Å². The second kappa shape index (κ2) is 14.4. The van der Waals surface area contributed by atoms with Gasteiger partial charge in [-0.1, -0.05) is 76.1 Å². The van der Waals surface area contributed by atoms with Crippen LogP contribution in [0.15, 0.2) is 112 Å². The fraction of sp³-hybridized carbons (Fsp3) is 0.257. The van der Waals surface area contributed by atoms with E-state index in [1.807, 2.05) is 82.3 Å². The van der Waals surface area contributed by atoms with Gasteiger partial charge in [-0.05, 0) is 87.4 Å². The second-order valence-corrected chi connectivity index (χ2v) is 14.7. The second-order valence-electron chi connectivity index (χ2n) is 11.9. The van der Waals surface area contributed by atoms with Crippen LogP contribution in [0.2, 0.25) is 0 Å². The number of amides is 2. The molecule has 1 N–H and O–H groups in total. The zero-order valence-electron chi connectivity index (χ0n) is 25.7. The van der Waals surface area contributed by atoms with E-state index in [2.05, 4.69) is 21.2 Å². The fourth-order valence-electron chi connectivity index (χ4n) is 4.81. The van der Waals surface area contributed by atoms with Crippen molar-refractivity contribution in [2.45, 2.75) is 57.1 Å². The summed E-state index contributed by atoms with van der Waals surface area (Å²) in [4.78, 5) is 29.8. The highest BCUT2D eigenvalue weighted by Crippen LogP contribution is 2.26. The van der Waals surface area contributed by atoms with E-state index in [9.17, 15) is 22.4 Å². The highest BCUT2D eigenvalue weighted by atomic mass is 79.9. The minimum absolute atomic E-state index is 0.0184. The first-order chi connectivity index (χ1) is 21.2. The Morgan fingerprint density at radius 2 is 1.49 bits per heavy atom. The van der Waals surface area contributed by atoms with Crippen LogP contribution in [0, 0.1) is 12.7 Å². The topological polar surface area (TPSA) is 86.8 Å². The molecule has 0 aromatic heterocycles. The summed E-state index contributed by atoms with van der Waals surface area (Å²) >= 11 is 3.48. The minimum atomic E-state index is -4.27. The molecule has 0 saturated carbocycles. The van der Waals surface area contributed by atoms with Crippen molar-refractivity contribution in [2.24, 2.45) is 0 Å². The zero-order chi connectivity index (χ0) is 32.8. The maximum Gasteiger partial charge on any atom is 0.264 e. The molecule has 0 bridgehead atoms. The van der Waals surface area contributed by atoms with Crippen molar-refractivity contribution in [3.8, 4) is 0 Å². The van der Waals surface area contributed by atoms with Crippen molar-refractivity contribution in [3.63, 3.8) is 0 Å². The van der Waals surface area contributed by atoms with E-state index in [4.69, 9.17) is 0 Å². The van der Waals surface area contributed by atoms with E-state index in [1.165, 1.54) is 29.2 Å². The molecular weight excluding hydrogens is 657 g/mol. The number of carbonyl (C=O) groups is 2. The number of benzene rings is 4. The van der Waals surface area contributed by atoms with Gasteiger partial charge < -0.3 is 10.2 Å². The Labute approximate surface area is 273 Å². The Balaban J connectivity index is 1.81. The van der Waals surface area contributed by atoms with Gasteiger partial charge in [-0.15, -0.1) is 0 Å². The molecule has 7 nitrogen and oxygen atoms in total. The van der Waals surface area contributed by atoms with Gasteiger partial charge in [-0.25, -0.2) is 12.8 Å². The van der Waals surface area contributed by atoms with Gasteiger partial charge in [-0.3, -0.25) is 13.9 Å². The molecule has 236 valence electrons. The number of nitrogens with one attached hydrogen (secondary N) is 1. The van der Waals surface area contributed by atoms with Crippen molar-refractivity contribution in [3.05, 3.63) is 130 Å². The highest BCUT2D eigenvalue weighted by molar-refractivity contribution is 9.10. The summed E-state index contributed by atoms with van der Waals surface area (Å²) in [6.07, 6.45) is 0.198. The van der Waals surface area contributed by atoms with Gasteiger partial charge >= 0.3 is 0 Å². The normalized spacial score (nSPS) is 12.3. The maximum atomic E-state index is 14.5. The van der Waals surface area contributed by atoms with E-state index in [0.29, 0.717) is 0 Å². The molecule has 4 aromatic carbocycles. The SMILES string of the molecule is Cc1ccc(S(=O)(=O)N(CC(=O)N(Cc2cccc(Br)c2)[C@H](Cc2ccccc2)C(=O)NC(C)(C)C)c2ccc(F)cc2)cc1. The average molecular weight is 695 g/mol. The molecule has 0 aliphatic heterocycles. The Hall–Kier alpha value is -4.02. The minimum Gasteiger partial charge on any atom is -0.350 e. The van der Waals surface area contributed by atoms with E-state index in [0.717, 1.165) is 37.6 Å². The molecule has 0 radical (unpaired) electrons.